The fourth-order valence-corrected chi connectivity index (χ4v) is 3.55. The van der Waals surface area contributed by atoms with Crippen LogP contribution in [0.2, 0.25) is 0 Å². The number of nitrogens with zero attached hydrogens (tertiary/aromatic N) is 4. The predicted molar refractivity (Wildman–Crippen MR) is 108 cm³/mol. The number of anilines is 1. The Balaban J connectivity index is 1.74. The lowest BCUT2D eigenvalue weighted by atomic mass is 10.0. The number of hydrogen-bond acceptors (Lipinski definition) is 5. The minimum atomic E-state index is -0.251. The second-order valence-electron chi connectivity index (χ2n) is 7.44. The molecule has 1 saturated heterocycles. The van der Waals surface area contributed by atoms with E-state index in [0.29, 0.717) is 23.8 Å². The average Bonchev–Trinajstić information content (AvgIpc) is 2.70. The zero-order valence-corrected chi connectivity index (χ0v) is 16.8. The molecule has 0 saturated carbocycles. The van der Waals surface area contributed by atoms with E-state index < -0.39 is 0 Å². The molecule has 1 N–H and O–H groups in total. The highest BCUT2D eigenvalue weighted by molar-refractivity contribution is 5.95. The lowest BCUT2D eigenvalue weighted by Gasteiger charge is -2.35. The first-order chi connectivity index (χ1) is 13.5. The summed E-state index contributed by atoms with van der Waals surface area (Å²) in [5.74, 6) is 0.136. The van der Waals surface area contributed by atoms with Gasteiger partial charge in [0.25, 0.3) is 5.91 Å². The molecule has 3 rings (SSSR count). The summed E-state index contributed by atoms with van der Waals surface area (Å²) in [6.07, 6.45) is 5.09. The molecule has 1 aromatic carbocycles. The van der Waals surface area contributed by atoms with Crippen molar-refractivity contribution in [2.45, 2.75) is 32.2 Å². The van der Waals surface area contributed by atoms with Crippen LogP contribution >= 0.6 is 0 Å². The van der Waals surface area contributed by atoms with Crippen molar-refractivity contribution >= 4 is 11.9 Å². The number of nitrogens with one attached hydrogen (secondary N) is 1. The second kappa shape index (κ2) is 9.10. The van der Waals surface area contributed by atoms with Crippen LogP contribution in [0.25, 0.3) is 0 Å². The van der Waals surface area contributed by atoms with Crippen molar-refractivity contribution in [3.8, 4) is 0 Å². The van der Waals surface area contributed by atoms with E-state index in [0.717, 1.165) is 31.5 Å². The van der Waals surface area contributed by atoms with Gasteiger partial charge in [-0.3, -0.25) is 9.69 Å². The van der Waals surface area contributed by atoms with Gasteiger partial charge < -0.3 is 10.2 Å². The van der Waals surface area contributed by atoms with Gasteiger partial charge in [0.05, 0.1) is 17.3 Å². The number of carbonyl (C=O) groups excluding carboxylic acids is 1. The summed E-state index contributed by atoms with van der Waals surface area (Å²) in [6, 6.07) is 6.59. The third-order valence-electron chi connectivity index (χ3n) is 5.15. The lowest BCUT2D eigenvalue weighted by molar-refractivity contribution is 0.0923. The van der Waals surface area contributed by atoms with E-state index in [2.05, 4.69) is 20.2 Å². The molecule has 7 heteroatoms. The Hall–Kier alpha value is -2.54. The van der Waals surface area contributed by atoms with Gasteiger partial charge in [-0.2, -0.15) is 0 Å². The summed E-state index contributed by atoms with van der Waals surface area (Å²) in [5, 5.41) is 3.03. The monoisotopic (exact) mass is 385 g/mol. The molecule has 1 fully saturated rings. The van der Waals surface area contributed by atoms with Gasteiger partial charge in [0.1, 0.15) is 5.82 Å². The van der Waals surface area contributed by atoms with Crippen molar-refractivity contribution in [3.63, 3.8) is 0 Å². The lowest BCUT2D eigenvalue weighted by Crippen LogP contribution is -2.40. The Labute approximate surface area is 165 Å². The van der Waals surface area contributed by atoms with Gasteiger partial charge >= 0.3 is 0 Å². The molecule has 1 aromatic heterocycles. The Bertz CT molecular complexity index is 803. The Kier molecular flexibility index (Phi) is 6.57. The van der Waals surface area contributed by atoms with Crippen LogP contribution in [0.4, 0.5) is 10.3 Å². The molecule has 6 nitrogen and oxygen atoms in total. The van der Waals surface area contributed by atoms with E-state index in [-0.39, 0.29) is 17.8 Å². The van der Waals surface area contributed by atoms with Crippen LogP contribution in [0.15, 0.2) is 30.5 Å². The molecule has 0 radical (unpaired) electrons. The number of likely N-dealkylation sites (tertiary alicyclic amines) is 1. The Morgan fingerprint density at radius 3 is 2.50 bits per heavy atom. The number of aryl methyl sites for hydroxylation is 1. The fourth-order valence-electron chi connectivity index (χ4n) is 3.55. The molecule has 0 spiro atoms. The molecule has 0 aliphatic carbocycles. The van der Waals surface area contributed by atoms with Crippen LogP contribution in [0.5, 0.6) is 0 Å². The highest BCUT2D eigenvalue weighted by atomic mass is 19.1. The summed E-state index contributed by atoms with van der Waals surface area (Å²) in [7, 11) is 3.72. The molecular formula is C21H28FN5O. The van der Waals surface area contributed by atoms with Gasteiger partial charge in [-0.25, -0.2) is 14.4 Å². The number of carbonyl (C=O) groups is 1. The first kappa shape index (κ1) is 20.2. The minimum absolute atomic E-state index is 0.0205. The van der Waals surface area contributed by atoms with Crippen molar-refractivity contribution in [3.05, 3.63) is 53.1 Å². The van der Waals surface area contributed by atoms with E-state index in [1.807, 2.05) is 21.0 Å². The zero-order valence-electron chi connectivity index (χ0n) is 16.8. The van der Waals surface area contributed by atoms with Gasteiger partial charge in [0, 0.05) is 26.8 Å². The first-order valence-corrected chi connectivity index (χ1v) is 9.74. The fraction of sp³-hybridized carbons (Fsp3) is 0.476. The summed E-state index contributed by atoms with van der Waals surface area (Å²) in [6.45, 7) is 4.24. The smallest absolute Gasteiger partial charge is 0.254 e. The van der Waals surface area contributed by atoms with Crippen molar-refractivity contribution in [1.82, 2.24) is 20.2 Å². The molecule has 150 valence electrons. The van der Waals surface area contributed by atoms with Crippen LogP contribution in [0.1, 0.15) is 46.9 Å². The zero-order chi connectivity index (χ0) is 20.1. The highest BCUT2D eigenvalue weighted by Gasteiger charge is 2.23. The molecule has 2 aromatic rings. The largest absolute Gasteiger partial charge is 0.350 e. The van der Waals surface area contributed by atoms with Crippen molar-refractivity contribution in [2.24, 2.45) is 0 Å². The van der Waals surface area contributed by atoms with E-state index in [9.17, 15) is 9.18 Å². The van der Waals surface area contributed by atoms with Gasteiger partial charge in [0.2, 0.25) is 5.95 Å². The van der Waals surface area contributed by atoms with Gasteiger partial charge in [-0.05, 0) is 50.6 Å². The maximum Gasteiger partial charge on any atom is 0.254 e. The molecule has 1 aliphatic rings. The quantitative estimate of drug-likeness (QED) is 0.828. The van der Waals surface area contributed by atoms with E-state index in [4.69, 9.17) is 0 Å². The Morgan fingerprint density at radius 2 is 1.89 bits per heavy atom. The number of piperidine rings is 1. The second-order valence-corrected chi connectivity index (χ2v) is 7.44. The van der Waals surface area contributed by atoms with Gasteiger partial charge in [-0.15, -0.1) is 0 Å². The van der Waals surface area contributed by atoms with Crippen molar-refractivity contribution < 1.29 is 9.18 Å². The number of aromatic nitrogens is 2. The van der Waals surface area contributed by atoms with E-state index in [1.165, 1.54) is 18.6 Å². The van der Waals surface area contributed by atoms with Gasteiger partial charge in [-0.1, -0.05) is 18.6 Å². The predicted octanol–water partition coefficient (Wildman–Crippen LogP) is 2.95. The molecule has 28 heavy (non-hydrogen) atoms. The van der Waals surface area contributed by atoms with Crippen LogP contribution < -0.4 is 10.2 Å². The van der Waals surface area contributed by atoms with Gasteiger partial charge in [0.15, 0.2) is 0 Å². The van der Waals surface area contributed by atoms with Crippen LogP contribution in [-0.2, 0) is 0 Å². The topological polar surface area (TPSA) is 61.4 Å². The van der Waals surface area contributed by atoms with Crippen molar-refractivity contribution in [2.75, 3.05) is 38.6 Å². The SMILES string of the molecule is Cc1nc(N(C)C)ncc1C(=O)NC[C@H](c1ccc(F)cc1)N1CCCCC1. The molecule has 0 unspecified atom stereocenters. The number of amides is 1. The summed E-state index contributed by atoms with van der Waals surface area (Å²) in [4.78, 5) is 25.5. The number of rotatable bonds is 6. The maximum absolute atomic E-state index is 13.4. The molecule has 2 heterocycles. The first-order valence-electron chi connectivity index (χ1n) is 9.74. The summed E-state index contributed by atoms with van der Waals surface area (Å²) >= 11 is 0. The Morgan fingerprint density at radius 1 is 1.21 bits per heavy atom. The molecular weight excluding hydrogens is 357 g/mol. The van der Waals surface area contributed by atoms with E-state index >= 15 is 0 Å². The molecule has 1 amide bonds. The average molecular weight is 385 g/mol. The number of benzene rings is 1. The third kappa shape index (κ3) is 4.84. The highest BCUT2D eigenvalue weighted by Crippen LogP contribution is 2.24. The van der Waals surface area contributed by atoms with E-state index in [1.54, 1.807) is 23.2 Å². The molecule has 0 bridgehead atoms. The summed E-state index contributed by atoms with van der Waals surface area (Å²) < 4.78 is 13.4. The third-order valence-corrected chi connectivity index (χ3v) is 5.15. The molecule has 1 atom stereocenters. The minimum Gasteiger partial charge on any atom is -0.350 e. The molecule has 1 aliphatic heterocycles. The number of hydrogen-bond donors (Lipinski definition) is 1. The van der Waals surface area contributed by atoms with Crippen LogP contribution in [0.3, 0.4) is 0 Å². The standard InChI is InChI=1S/C21H28FN5O/c1-15-18(13-24-21(25-15)26(2)3)20(28)23-14-19(27-11-5-4-6-12-27)16-7-9-17(22)10-8-16/h7-10,13,19H,4-6,11-12,14H2,1-3H3,(H,23,28)/t19-/m1/s1. The van der Waals surface area contributed by atoms with Crippen LogP contribution in [0, 0.1) is 12.7 Å². The maximum atomic E-state index is 13.4. The normalized spacial score (nSPS) is 15.9. The van der Waals surface area contributed by atoms with Crippen LogP contribution in [-0.4, -0.2) is 54.5 Å². The summed E-state index contributed by atoms with van der Waals surface area (Å²) in [5.41, 5.74) is 2.13. The number of halogens is 1. The van der Waals surface area contributed by atoms with Crippen molar-refractivity contribution in [1.29, 1.82) is 0 Å².